The van der Waals surface area contributed by atoms with Gasteiger partial charge in [-0.05, 0) is 38.8 Å². The highest BCUT2D eigenvalue weighted by atomic mass is 19.1. The van der Waals surface area contributed by atoms with Gasteiger partial charge in [-0.2, -0.15) is 0 Å². The zero-order valence-corrected chi connectivity index (χ0v) is 16.2. The highest BCUT2D eigenvalue weighted by Crippen LogP contribution is 2.20. The molecule has 0 aliphatic rings. The molecule has 1 rings (SSSR count). The first-order chi connectivity index (χ1) is 12.6. The van der Waals surface area contributed by atoms with Crippen LogP contribution in [0.25, 0.3) is 0 Å². The summed E-state index contributed by atoms with van der Waals surface area (Å²) in [4.78, 5) is 35.3. The van der Waals surface area contributed by atoms with Gasteiger partial charge in [0.05, 0.1) is 13.7 Å². The van der Waals surface area contributed by atoms with Crippen molar-refractivity contribution in [2.75, 3.05) is 13.7 Å². The van der Waals surface area contributed by atoms with Crippen molar-refractivity contribution in [2.24, 2.45) is 0 Å². The SMILES string of the molecule is CCOC(=O)C(F)c1ccc(C[C@H](NC(=O)OC(C)(C)C)C(=O)OC)cc1. The minimum Gasteiger partial charge on any atom is -0.467 e. The van der Waals surface area contributed by atoms with Crippen LogP contribution in [0.4, 0.5) is 9.18 Å². The quantitative estimate of drug-likeness (QED) is 0.575. The minimum atomic E-state index is -1.88. The van der Waals surface area contributed by atoms with E-state index in [9.17, 15) is 18.8 Å². The Labute approximate surface area is 158 Å². The fraction of sp³-hybridized carbons (Fsp3) is 0.526. The highest BCUT2D eigenvalue weighted by Gasteiger charge is 2.26. The summed E-state index contributed by atoms with van der Waals surface area (Å²) >= 11 is 0. The first-order valence-electron chi connectivity index (χ1n) is 8.54. The van der Waals surface area contributed by atoms with Crippen LogP contribution >= 0.6 is 0 Å². The molecule has 0 spiro atoms. The van der Waals surface area contributed by atoms with Gasteiger partial charge in [-0.25, -0.2) is 18.8 Å². The Kier molecular flexibility index (Phi) is 8.21. The number of alkyl halides is 1. The topological polar surface area (TPSA) is 90.9 Å². The molecule has 27 heavy (non-hydrogen) atoms. The summed E-state index contributed by atoms with van der Waals surface area (Å²) in [7, 11) is 1.21. The fourth-order valence-corrected chi connectivity index (χ4v) is 2.20. The number of carbonyl (C=O) groups is 3. The van der Waals surface area contributed by atoms with E-state index in [4.69, 9.17) is 9.47 Å². The zero-order valence-electron chi connectivity index (χ0n) is 16.2. The largest absolute Gasteiger partial charge is 0.467 e. The maximum Gasteiger partial charge on any atom is 0.408 e. The van der Waals surface area contributed by atoms with Gasteiger partial charge >= 0.3 is 18.0 Å². The van der Waals surface area contributed by atoms with E-state index in [0.717, 1.165) is 0 Å². The Bertz CT molecular complexity index is 653. The van der Waals surface area contributed by atoms with Crippen molar-refractivity contribution < 1.29 is 33.0 Å². The van der Waals surface area contributed by atoms with Crippen LogP contribution in [0.5, 0.6) is 0 Å². The molecule has 0 aromatic heterocycles. The van der Waals surface area contributed by atoms with Gasteiger partial charge in [-0.3, -0.25) is 0 Å². The third-order valence-corrected chi connectivity index (χ3v) is 3.38. The molecule has 0 bridgehead atoms. The molecule has 0 fully saturated rings. The number of carbonyl (C=O) groups excluding carboxylic acids is 3. The number of alkyl carbamates (subject to hydrolysis) is 1. The predicted molar refractivity (Wildman–Crippen MR) is 95.8 cm³/mol. The van der Waals surface area contributed by atoms with Gasteiger partial charge < -0.3 is 19.5 Å². The third-order valence-electron chi connectivity index (χ3n) is 3.38. The normalized spacial score (nSPS) is 13.3. The summed E-state index contributed by atoms with van der Waals surface area (Å²) in [5.41, 5.74) is 0.0727. The molecule has 7 nitrogen and oxygen atoms in total. The van der Waals surface area contributed by atoms with E-state index in [-0.39, 0.29) is 18.6 Å². The van der Waals surface area contributed by atoms with Crippen molar-refractivity contribution >= 4 is 18.0 Å². The summed E-state index contributed by atoms with van der Waals surface area (Å²) in [6.07, 6.45) is -2.52. The third kappa shape index (κ3) is 7.64. The number of halogens is 1. The number of rotatable bonds is 7. The summed E-state index contributed by atoms with van der Waals surface area (Å²) in [5, 5.41) is 2.46. The molecule has 0 saturated carbocycles. The second-order valence-corrected chi connectivity index (χ2v) is 6.78. The lowest BCUT2D eigenvalue weighted by atomic mass is 10.0. The van der Waals surface area contributed by atoms with E-state index < -0.39 is 35.8 Å². The molecule has 0 saturated heterocycles. The molecule has 1 amide bonds. The number of nitrogens with one attached hydrogen (secondary N) is 1. The van der Waals surface area contributed by atoms with E-state index >= 15 is 0 Å². The summed E-state index contributed by atoms with van der Waals surface area (Å²) in [5.74, 6) is -1.59. The highest BCUT2D eigenvalue weighted by molar-refractivity contribution is 5.81. The number of ether oxygens (including phenoxy) is 3. The molecule has 1 unspecified atom stereocenters. The average molecular weight is 383 g/mol. The monoisotopic (exact) mass is 383 g/mol. The Hall–Kier alpha value is -2.64. The number of amides is 1. The molecular formula is C19H26FNO6. The van der Waals surface area contributed by atoms with Crippen LogP contribution in [0.2, 0.25) is 0 Å². The van der Waals surface area contributed by atoms with Gasteiger partial charge in [-0.1, -0.05) is 24.3 Å². The summed E-state index contributed by atoms with van der Waals surface area (Å²) in [6.45, 7) is 6.80. The van der Waals surface area contributed by atoms with E-state index in [0.29, 0.717) is 5.56 Å². The molecule has 2 atom stereocenters. The molecule has 0 aliphatic heterocycles. The Morgan fingerprint density at radius 2 is 1.70 bits per heavy atom. The smallest absolute Gasteiger partial charge is 0.408 e. The van der Waals surface area contributed by atoms with Crippen LogP contribution in [-0.2, 0) is 30.2 Å². The van der Waals surface area contributed by atoms with Crippen molar-refractivity contribution in [3.8, 4) is 0 Å². The van der Waals surface area contributed by atoms with Gasteiger partial charge in [-0.15, -0.1) is 0 Å². The van der Waals surface area contributed by atoms with Crippen LogP contribution in [0.15, 0.2) is 24.3 Å². The second-order valence-electron chi connectivity index (χ2n) is 6.78. The van der Waals surface area contributed by atoms with Gasteiger partial charge in [0.25, 0.3) is 0 Å². The van der Waals surface area contributed by atoms with Crippen molar-refractivity contribution in [1.82, 2.24) is 5.32 Å². The van der Waals surface area contributed by atoms with Gasteiger partial charge in [0.15, 0.2) is 0 Å². The number of methoxy groups -OCH3 is 1. The summed E-state index contributed by atoms with van der Waals surface area (Å²) in [6, 6.07) is 5.01. The number of hydrogen-bond acceptors (Lipinski definition) is 6. The van der Waals surface area contributed by atoms with Crippen LogP contribution in [0.3, 0.4) is 0 Å². The van der Waals surface area contributed by atoms with E-state index in [1.807, 2.05) is 0 Å². The molecular weight excluding hydrogens is 357 g/mol. The maximum atomic E-state index is 14.0. The number of esters is 2. The van der Waals surface area contributed by atoms with Gasteiger partial charge in [0.2, 0.25) is 6.17 Å². The van der Waals surface area contributed by atoms with Crippen LogP contribution in [-0.4, -0.2) is 43.4 Å². The fourth-order valence-electron chi connectivity index (χ4n) is 2.20. The first-order valence-corrected chi connectivity index (χ1v) is 8.54. The molecule has 0 heterocycles. The lowest BCUT2D eigenvalue weighted by Gasteiger charge is -2.22. The average Bonchev–Trinajstić information content (AvgIpc) is 2.59. The minimum absolute atomic E-state index is 0.0917. The van der Waals surface area contributed by atoms with Crippen LogP contribution < -0.4 is 5.32 Å². The standard InChI is InChI=1S/C19H26FNO6/c1-6-26-17(23)15(20)13-9-7-12(8-10-13)11-14(16(22)25-5)21-18(24)27-19(2,3)4/h7-10,14-15H,6,11H2,1-5H3,(H,21,24)/t14-,15?/m0/s1. The Morgan fingerprint density at radius 3 is 2.19 bits per heavy atom. The maximum absolute atomic E-state index is 14.0. The zero-order chi connectivity index (χ0) is 20.6. The predicted octanol–water partition coefficient (Wildman–Crippen LogP) is 2.87. The van der Waals surface area contributed by atoms with Crippen LogP contribution in [0.1, 0.15) is 45.0 Å². The van der Waals surface area contributed by atoms with Crippen molar-refractivity contribution in [3.63, 3.8) is 0 Å². The van der Waals surface area contributed by atoms with Crippen molar-refractivity contribution in [3.05, 3.63) is 35.4 Å². The van der Waals surface area contributed by atoms with Gasteiger partial charge in [0, 0.05) is 6.42 Å². The molecule has 0 aliphatic carbocycles. The van der Waals surface area contributed by atoms with E-state index in [1.165, 1.54) is 19.2 Å². The molecule has 1 aromatic carbocycles. The molecule has 150 valence electrons. The van der Waals surface area contributed by atoms with Crippen LogP contribution in [0, 0.1) is 0 Å². The molecule has 8 heteroatoms. The van der Waals surface area contributed by atoms with E-state index in [2.05, 4.69) is 10.1 Å². The number of benzene rings is 1. The lowest BCUT2D eigenvalue weighted by molar-refractivity contribution is -0.149. The Balaban J connectivity index is 2.82. The second kappa shape index (κ2) is 9.89. The first kappa shape index (κ1) is 22.4. The number of hydrogen-bond donors (Lipinski definition) is 1. The Morgan fingerprint density at radius 1 is 1.11 bits per heavy atom. The molecule has 1 aromatic rings. The van der Waals surface area contributed by atoms with Crippen molar-refractivity contribution in [1.29, 1.82) is 0 Å². The van der Waals surface area contributed by atoms with Crippen molar-refractivity contribution in [2.45, 2.75) is 51.9 Å². The van der Waals surface area contributed by atoms with E-state index in [1.54, 1.807) is 39.8 Å². The molecule has 1 N–H and O–H groups in total. The van der Waals surface area contributed by atoms with Gasteiger partial charge in [0.1, 0.15) is 11.6 Å². The molecule has 0 radical (unpaired) electrons. The lowest BCUT2D eigenvalue weighted by Crippen LogP contribution is -2.45. The summed E-state index contributed by atoms with van der Waals surface area (Å²) < 4.78 is 28.5.